The zero-order valence-electron chi connectivity index (χ0n) is 18.2. The molecule has 2 aromatic rings. The van der Waals surface area contributed by atoms with Crippen LogP contribution in [0.4, 0.5) is 0 Å². The van der Waals surface area contributed by atoms with Crippen molar-refractivity contribution in [1.82, 2.24) is 15.0 Å². The minimum Gasteiger partial charge on any atom is -1.00 e. The summed E-state index contributed by atoms with van der Waals surface area (Å²) in [4.78, 5) is 31.6. The van der Waals surface area contributed by atoms with Gasteiger partial charge < -0.3 is 26.0 Å². The second kappa shape index (κ2) is 8.42. The summed E-state index contributed by atoms with van der Waals surface area (Å²) in [6.07, 6.45) is 2.86. The highest BCUT2D eigenvalue weighted by Crippen LogP contribution is 2.53. The highest BCUT2D eigenvalue weighted by atomic mass is 79.9. The number of carbonyl (C=O) groups is 2. The fourth-order valence-corrected chi connectivity index (χ4v) is 6.18. The van der Waals surface area contributed by atoms with Crippen molar-refractivity contribution in [3.8, 4) is 10.6 Å². The van der Waals surface area contributed by atoms with Gasteiger partial charge in [0.1, 0.15) is 5.69 Å². The molecule has 168 valence electrons. The zero-order valence-corrected chi connectivity index (χ0v) is 20.6. The van der Waals surface area contributed by atoms with Crippen molar-refractivity contribution in [3.05, 3.63) is 29.3 Å². The Morgan fingerprint density at radius 2 is 2.00 bits per heavy atom. The Kier molecular flexibility index (Phi) is 6.15. The number of aromatic nitrogens is 1. The van der Waals surface area contributed by atoms with Crippen LogP contribution in [-0.4, -0.2) is 78.1 Å². The normalized spacial score (nSPS) is 28.2. The molecule has 3 saturated heterocycles. The maximum absolute atomic E-state index is 13.4. The second-order valence-corrected chi connectivity index (χ2v) is 10.7. The molecule has 0 radical (unpaired) electrons. The first-order valence-corrected chi connectivity index (χ1v) is 11.6. The molecule has 2 amide bonds. The van der Waals surface area contributed by atoms with E-state index in [1.807, 2.05) is 23.6 Å². The fraction of sp³-hybridized carbons (Fsp3) is 0.591. The van der Waals surface area contributed by atoms with Crippen LogP contribution >= 0.6 is 11.3 Å². The molecule has 0 bridgehead atoms. The van der Waals surface area contributed by atoms with Gasteiger partial charge in [-0.05, 0) is 30.8 Å². The number of amides is 2. The van der Waals surface area contributed by atoms with E-state index in [9.17, 15) is 9.59 Å². The lowest BCUT2D eigenvalue weighted by molar-refractivity contribution is -0.870. The quantitative estimate of drug-likeness (QED) is 0.393. The van der Waals surface area contributed by atoms with Crippen molar-refractivity contribution < 1.29 is 35.6 Å². The first kappa shape index (κ1) is 22.6. The van der Waals surface area contributed by atoms with Gasteiger partial charge >= 0.3 is 0 Å². The molecular formula is C22H29BrN4O3S. The molecule has 31 heavy (non-hydrogen) atoms. The van der Waals surface area contributed by atoms with Crippen LogP contribution in [-0.2, 0) is 9.59 Å². The fourth-order valence-electron chi connectivity index (χ4n) is 5.50. The number of rotatable bonds is 6. The van der Waals surface area contributed by atoms with E-state index in [0.29, 0.717) is 6.54 Å². The molecule has 9 heteroatoms. The molecule has 0 aromatic carbocycles. The number of imide groups is 1. The van der Waals surface area contributed by atoms with Crippen LogP contribution in [0.1, 0.15) is 31.0 Å². The number of hydrogen-bond donors (Lipinski definition) is 0. The van der Waals surface area contributed by atoms with Gasteiger partial charge in [-0.3, -0.25) is 19.4 Å². The number of hydrogen-bond acceptors (Lipinski definition) is 6. The minimum atomic E-state index is -0.340. The maximum atomic E-state index is 13.4. The summed E-state index contributed by atoms with van der Waals surface area (Å²) in [5.74, 6) is 0.152. The van der Waals surface area contributed by atoms with Gasteiger partial charge in [0.2, 0.25) is 11.8 Å². The molecule has 0 aliphatic carbocycles. The van der Waals surface area contributed by atoms with E-state index < -0.39 is 0 Å². The minimum absolute atomic E-state index is 0. The molecule has 0 unspecified atom stereocenters. The first-order valence-electron chi connectivity index (χ1n) is 10.8. The van der Waals surface area contributed by atoms with Crippen LogP contribution in [0.15, 0.2) is 28.1 Å². The van der Waals surface area contributed by atoms with E-state index in [0.717, 1.165) is 53.2 Å². The van der Waals surface area contributed by atoms with Crippen molar-refractivity contribution in [2.75, 3.05) is 40.8 Å². The van der Waals surface area contributed by atoms with Crippen LogP contribution in [0.2, 0.25) is 0 Å². The molecule has 5 heterocycles. The highest BCUT2D eigenvalue weighted by molar-refractivity contribution is 7.13. The van der Waals surface area contributed by atoms with Gasteiger partial charge in [-0.1, -0.05) is 11.2 Å². The number of nitrogens with zero attached hydrogens (tertiary/aromatic N) is 4. The predicted octanol–water partition coefficient (Wildman–Crippen LogP) is -0.376. The average Bonchev–Trinajstić information content (AvgIpc) is 3.46. The van der Waals surface area contributed by atoms with Crippen molar-refractivity contribution in [2.24, 2.45) is 11.8 Å². The van der Waals surface area contributed by atoms with Crippen LogP contribution in [0.5, 0.6) is 0 Å². The molecule has 3 aliphatic heterocycles. The summed E-state index contributed by atoms with van der Waals surface area (Å²) in [6.45, 7) is 2.35. The van der Waals surface area contributed by atoms with Crippen molar-refractivity contribution in [3.63, 3.8) is 0 Å². The van der Waals surface area contributed by atoms with Crippen LogP contribution in [0.25, 0.3) is 10.6 Å². The topological polar surface area (TPSA) is 66.7 Å². The van der Waals surface area contributed by atoms with Crippen LogP contribution < -0.4 is 17.0 Å². The van der Waals surface area contributed by atoms with Crippen molar-refractivity contribution in [2.45, 2.75) is 31.3 Å². The lowest BCUT2D eigenvalue weighted by atomic mass is 9.86. The standard InChI is InChI=1S/C22H29N4O3S.BrH/c1-26(2,3)11-6-10-25-21(27)18-15-7-4-9-24(15)20(19(18)22(25)28)14-13-16(29-23-14)17-8-5-12-30-17;/h5,8,12-13,15,18-20H,4,6-7,9-11H2,1-3H3;1H/q+1;/p-1/t15-,18-,19-,20-;/m0./s1. The maximum Gasteiger partial charge on any atom is 0.235 e. The van der Waals surface area contributed by atoms with E-state index in [1.54, 1.807) is 11.3 Å². The van der Waals surface area contributed by atoms with Gasteiger partial charge in [0, 0.05) is 25.1 Å². The van der Waals surface area contributed by atoms with Crippen molar-refractivity contribution >= 4 is 23.2 Å². The molecular weight excluding hydrogens is 480 g/mol. The first-order chi connectivity index (χ1) is 14.3. The molecule has 3 aliphatic rings. The number of thiophene rings is 1. The molecule has 0 saturated carbocycles. The predicted molar refractivity (Wildman–Crippen MR) is 114 cm³/mol. The number of likely N-dealkylation sites (tertiary alicyclic amines) is 1. The van der Waals surface area contributed by atoms with E-state index in [4.69, 9.17) is 4.52 Å². The SMILES string of the molecule is C[N+](C)(C)CCCN1C(=O)[C@@H]2[C@H](C1=O)[C@H](c1cc(-c3cccs3)on1)N1CCC[C@@H]21.[Br-]. The number of quaternary nitrogens is 1. The smallest absolute Gasteiger partial charge is 0.235 e. The Balaban J connectivity index is 0.00000231. The summed E-state index contributed by atoms with van der Waals surface area (Å²) in [6, 6.07) is 5.93. The summed E-state index contributed by atoms with van der Waals surface area (Å²) in [5.41, 5.74) is 0.784. The zero-order chi connectivity index (χ0) is 21.0. The molecule has 7 nitrogen and oxygen atoms in total. The van der Waals surface area contributed by atoms with Crippen molar-refractivity contribution in [1.29, 1.82) is 0 Å². The Morgan fingerprint density at radius 1 is 1.23 bits per heavy atom. The summed E-state index contributed by atoms with van der Waals surface area (Å²) < 4.78 is 6.46. The Hall–Kier alpha value is -1.55. The second-order valence-electron chi connectivity index (χ2n) is 9.73. The third kappa shape index (κ3) is 3.90. The van der Waals surface area contributed by atoms with Crippen LogP contribution in [0, 0.1) is 11.8 Å². The number of fused-ring (bicyclic) bond motifs is 3. The molecule has 3 fully saturated rings. The van der Waals surface area contributed by atoms with E-state index >= 15 is 0 Å². The summed E-state index contributed by atoms with van der Waals surface area (Å²) in [7, 11) is 6.39. The highest BCUT2D eigenvalue weighted by Gasteiger charge is 2.63. The number of halogens is 1. The molecule has 2 aromatic heterocycles. The average molecular weight is 509 g/mol. The van der Waals surface area contributed by atoms with Gasteiger partial charge in [-0.2, -0.15) is 0 Å². The lowest BCUT2D eigenvalue weighted by Crippen LogP contribution is -3.00. The third-order valence-electron chi connectivity index (χ3n) is 6.75. The Bertz CT molecular complexity index is 954. The summed E-state index contributed by atoms with van der Waals surface area (Å²) in [5, 5.41) is 6.37. The molecule has 4 atom stereocenters. The molecule has 0 N–H and O–H groups in total. The van der Waals surface area contributed by atoms with Gasteiger partial charge in [0.15, 0.2) is 5.76 Å². The monoisotopic (exact) mass is 508 g/mol. The van der Waals surface area contributed by atoms with E-state index in [-0.39, 0.29) is 52.7 Å². The number of carbonyl (C=O) groups excluding carboxylic acids is 2. The largest absolute Gasteiger partial charge is 1.00 e. The van der Waals surface area contributed by atoms with E-state index in [2.05, 4.69) is 31.2 Å². The van der Waals surface area contributed by atoms with Gasteiger partial charge in [-0.25, -0.2) is 0 Å². The van der Waals surface area contributed by atoms with Gasteiger partial charge in [0.05, 0.1) is 50.4 Å². The van der Waals surface area contributed by atoms with E-state index in [1.165, 1.54) is 4.90 Å². The summed E-state index contributed by atoms with van der Waals surface area (Å²) >= 11 is 1.60. The van der Waals surface area contributed by atoms with Crippen LogP contribution in [0.3, 0.4) is 0 Å². The Morgan fingerprint density at radius 3 is 2.71 bits per heavy atom. The third-order valence-corrected chi connectivity index (χ3v) is 7.63. The van der Waals surface area contributed by atoms with Gasteiger partial charge in [0.25, 0.3) is 0 Å². The Labute approximate surface area is 197 Å². The molecule has 0 spiro atoms. The lowest BCUT2D eigenvalue weighted by Gasteiger charge is -2.28. The molecule has 5 rings (SSSR count). The van der Waals surface area contributed by atoms with Gasteiger partial charge in [-0.15, -0.1) is 11.3 Å².